The lowest BCUT2D eigenvalue weighted by Gasteiger charge is -2.31. The van der Waals surface area contributed by atoms with Crippen LogP contribution >= 0.6 is 0 Å². The van der Waals surface area contributed by atoms with Crippen molar-refractivity contribution in [2.75, 3.05) is 18.4 Å². The molecule has 1 aliphatic heterocycles. The SMILES string of the molecule is Cc1cc2cc(NC(=O)c3cc(C4CCN(C(=O)c5ccccc5F)CC4)no3)ccc2o1. The molecule has 0 unspecified atom stereocenters. The first-order chi connectivity index (χ1) is 16.0. The summed E-state index contributed by atoms with van der Waals surface area (Å²) in [7, 11) is 0. The van der Waals surface area contributed by atoms with E-state index in [1.54, 1.807) is 35.2 Å². The second kappa shape index (κ2) is 8.54. The van der Waals surface area contributed by atoms with Gasteiger partial charge in [0.2, 0.25) is 5.76 Å². The largest absolute Gasteiger partial charge is 0.461 e. The predicted molar refractivity (Wildman–Crippen MR) is 120 cm³/mol. The molecule has 1 N–H and O–H groups in total. The van der Waals surface area contributed by atoms with Crippen molar-refractivity contribution in [1.29, 1.82) is 0 Å². The van der Waals surface area contributed by atoms with Crippen LogP contribution in [0.25, 0.3) is 11.0 Å². The van der Waals surface area contributed by atoms with Gasteiger partial charge in [0.05, 0.1) is 11.3 Å². The monoisotopic (exact) mass is 447 g/mol. The molecule has 33 heavy (non-hydrogen) atoms. The minimum atomic E-state index is -0.515. The van der Waals surface area contributed by atoms with Crippen LogP contribution in [0.2, 0.25) is 0 Å². The molecule has 8 heteroatoms. The number of fused-ring (bicyclic) bond motifs is 1. The third-order valence-corrected chi connectivity index (χ3v) is 5.95. The summed E-state index contributed by atoms with van der Waals surface area (Å²) in [6, 6.07) is 15.0. The lowest BCUT2D eigenvalue weighted by Crippen LogP contribution is -2.38. The molecule has 0 spiro atoms. The van der Waals surface area contributed by atoms with Crippen LogP contribution in [-0.4, -0.2) is 35.0 Å². The minimum Gasteiger partial charge on any atom is -0.461 e. The second-order valence-corrected chi connectivity index (χ2v) is 8.23. The number of benzene rings is 2. The number of anilines is 1. The molecule has 0 radical (unpaired) electrons. The summed E-state index contributed by atoms with van der Waals surface area (Å²) >= 11 is 0. The summed E-state index contributed by atoms with van der Waals surface area (Å²) < 4.78 is 24.8. The lowest BCUT2D eigenvalue weighted by molar-refractivity contribution is 0.0706. The molecular weight excluding hydrogens is 425 g/mol. The average Bonchev–Trinajstić information content (AvgIpc) is 3.45. The molecule has 0 aliphatic carbocycles. The lowest BCUT2D eigenvalue weighted by atomic mass is 9.93. The number of aryl methyl sites for hydroxylation is 1. The van der Waals surface area contributed by atoms with Gasteiger partial charge in [-0.3, -0.25) is 9.59 Å². The van der Waals surface area contributed by atoms with E-state index in [1.165, 1.54) is 12.1 Å². The Kier molecular flexibility index (Phi) is 5.42. The van der Waals surface area contributed by atoms with Crippen LogP contribution < -0.4 is 5.32 Å². The van der Waals surface area contributed by atoms with Gasteiger partial charge in [0.1, 0.15) is 17.2 Å². The fourth-order valence-electron chi connectivity index (χ4n) is 4.22. The quantitative estimate of drug-likeness (QED) is 0.468. The third-order valence-electron chi connectivity index (χ3n) is 5.95. The molecule has 4 aromatic rings. The van der Waals surface area contributed by atoms with Gasteiger partial charge in [-0.15, -0.1) is 0 Å². The van der Waals surface area contributed by atoms with Crippen molar-refractivity contribution < 1.29 is 22.9 Å². The van der Waals surface area contributed by atoms with E-state index in [2.05, 4.69) is 10.5 Å². The molecule has 1 aliphatic rings. The van der Waals surface area contributed by atoms with Crippen molar-refractivity contribution in [2.24, 2.45) is 0 Å². The number of hydrogen-bond donors (Lipinski definition) is 1. The molecule has 3 heterocycles. The molecule has 0 saturated carbocycles. The van der Waals surface area contributed by atoms with Crippen LogP contribution in [0.15, 0.2) is 63.5 Å². The smallest absolute Gasteiger partial charge is 0.294 e. The third kappa shape index (κ3) is 4.24. The van der Waals surface area contributed by atoms with E-state index < -0.39 is 5.82 Å². The van der Waals surface area contributed by atoms with E-state index in [4.69, 9.17) is 8.94 Å². The number of nitrogens with one attached hydrogen (secondary N) is 1. The highest BCUT2D eigenvalue weighted by molar-refractivity contribution is 6.03. The standard InChI is InChI=1S/C25H22FN3O4/c1-15-12-17-13-18(6-7-22(17)32-15)27-24(30)23-14-21(28-33-23)16-8-10-29(11-9-16)25(31)19-4-2-3-5-20(19)26/h2-7,12-14,16H,8-11H2,1H3,(H,27,30). The molecule has 168 valence electrons. The van der Waals surface area contributed by atoms with E-state index in [1.807, 2.05) is 19.1 Å². The Morgan fingerprint density at radius 2 is 1.88 bits per heavy atom. The number of carbonyl (C=O) groups excluding carboxylic acids is 2. The van der Waals surface area contributed by atoms with Gasteiger partial charge in [0, 0.05) is 36.1 Å². The van der Waals surface area contributed by atoms with Crippen LogP contribution in [0.5, 0.6) is 0 Å². The number of carbonyl (C=O) groups is 2. The highest BCUT2D eigenvalue weighted by Crippen LogP contribution is 2.29. The van der Waals surface area contributed by atoms with Gasteiger partial charge in [0.15, 0.2) is 0 Å². The molecule has 1 fully saturated rings. The first-order valence-electron chi connectivity index (χ1n) is 10.8. The van der Waals surface area contributed by atoms with Crippen LogP contribution in [0, 0.1) is 12.7 Å². The van der Waals surface area contributed by atoms with E-state index in [0.29, 0.717) is 37.3 Å². The zero-order valence-electron chi connectivity index (χ0n) is 18.0. The van der Waals surface area contributed by atoms with Gasteiger partial charge in [-0.2, -0.15) is 0 Å². The maximum absolute atomic E-state index is 13.9. The van der Waals surface area contributed by atoms with Crippen molar-refractivity contribution in [2.45, 2.75) is 25.7 Å². The van der Waals surface area contributed by atoms with Crippen LogP contribution in [-0.2, 0) is 0 Å². The fraction of sp³-hybridized carbons (Fsp3) is 0.240. The molecular formula is C25H22FN3O4. The van der Waals surface area contributed by atoms with E-state index in [0.717, 1.165) is 16.7 Å². The maximum atomic E-state index is 13.9. The van der Waals surface area contributed by atoms with Crippen molar-refractivity contribution in [3.8, 4) is 0 Å². The van der Waals surface area contributed by atoms with Crippen molar-refractivity contribution in [3.05, 3.63) is 83.2 Å². The number of furan rings is 1. The number of nitrogens with zero attached hydrogens (tertiary/aromatic N) is 2. The molecule has 0 atom stereocenters. The highest BCUT2D eigenvalue weighted by atomic mass is 19.1. The van der Waals surface area contributed by atoms with Crippen molar-refractivity contribution in [3.63, 3.8) is 0 Å². The predicted octanol–water partition coefficient (Wildman–Crippen LogP) is 5.14. The summed E-state index contributed by atoms with van der Waals surface area (Å²) in [5.74, 6) is -0.227. The number of amides is 2. The van der Waals surface area contributed by atoms with Gasteiger partial charge in [-0.25, -0.2) is 4.39 Å². The van der Waals surface area contributed by atoms with Gasteiger partial charge >= 0.3 is 0 Å². The van der Waals surface area contributed by atoms with Crippen molar-refractivity contribution in [1.82, 2.24) is 10.1 Å². The molecule has 7 nitrogen and oxygen atoms in total. The Hall–Kier alpha value is -3.94. The average molecular weight is 447 g/mol. The Morgan fingerprint density at radius 3 is 2.67 bits per heavy atom. The van der Waals surface area contributed by atoms with Gasteiger partial charge in [0.25, 0.3) is 11.8 Å². The summed E-state index contributed by atoms with van der Waals surface area (Å²) in [5.41, 5.74) is 2.15. The second-order valence-electron chi connectivity index (χ2n) is 8.23. The molecule has 2 aromatic heterocycles. The van der Waals surface area contributed by atoms with Gasteiger partial charge < -0.3 is 19.2 Å². The van der Waals surface area contributed by atoms with Crippen LogP contribution in [0.1, 0.15) is 51.1 Å². The normalized spacial score (nSPS) is 14.5. The number of likely N-dealkylation sites (tertiary alicyclic amines) is 1. The number of halogens is 1. The zero-order valence-corrected chi connectivity index (χ0v) is 18.0. The Morgan fingerprint density at radius 1 is 1.09 bits per heavy atom. The number of hydrogen-bond acceptors (Lipinski definition) is 5. The minimum absolute atomic E-state index is 0.0604. The molecule has 2 aromatic carbocycles. The van der Waals surface area contributed by atoms with E-state index in [-0.39, 0.29) is 29.1 Å². The summed E-state index contributed by atoms with van der Waals surface area (Å²) in [6.07, 6.45) is 1.31. The highest BCUT2D eigenvalue weighted by Gasteiger charge is 2.28. The van der Waals surface area contributed by atoms with Crippen LogP contribution in [0.4, 0.5) is 10.1 Å². The Balaban J connectivity index is 1.21. The van der Waals surface area contributed by atoms with Crippen LogP contribution in [0.3, 0.4) is 0 Å². The van der Waals surface area contributed by atoms with E-state index >= 15 is 0 Å². The summed E-state index contributed by atoms with van der Waals surface area (Å²) in [5, 5.41) is 7.81. The number of piperidine rings is 1. The Labute approximate surface area is 189 Å². The molecule has 1 saturated heterocycles. The topological polar surface area (TPSA) is 88.6 Å². The number of rotatable bonds is 4. The fourth-order valence-corrected chi connectivity index (χ4v) is 4.22. The first kappa shape index (κ1) is 20.9. The first-order valence-corrected chi connectivity index (χ1v) is 10.8. The maximum Gasteiger partial charge on any atom is 0.294 e. The number of aromatic nitrogens is 1. The van der Waals surface area contributed by atoms with Gasteiger partial charge in [-0.05, 0) is 56.2 Å². The Bertz CT molecular complexity index is 1330. The van der Waals surface area contributed by atoms with Gasteiger partial charge in [-0.1, -0.05) is 17.3 Å². The molecule has 5 rings (SSSR count). The zero-order chi connectivity index (χ0) is 22.9. The van der Waals surface area contributed by atoms with E-state index in [9.17, 15) is 14.0 Å². The molecule has 2 amide bonds. The van der Waals surface area contributed by atoms with Crippen molar-refractivity contribution >= 4 is 28.5 Å². The summed E-state index contributed by atoms with van der Waals surface area (Å²) in [6.45, 7) is 2.83. The molecule has 0 bridgehead atoms. The summed E-state index contributed by atoms with van der Waals surface area (Å²) in [4.78, 5) is 26.9.